The van der Waals surface area contributed by atoms with Gasteiger partial charge in [-0.1, -0.05) is 6.07 Å². The van der Waals surface area contributed by atoms with Crippen molar-refractivity contribution in [1.29, 1.82) is 0 Å². The lowest BCUT2D eigenvalue weighted by atomic mass is 10.1. The summed E-state index contributed by atoms with van der Waals surface area (Å²) in [5, 5.41) is 3.38. The van der Waals surface area contributed by atoms with Crippen molar-refractivity contribution in [3.63, 3.8) is 0 Å². The standard InChI is InChI=1S/C14H18N6/c1-3-12(7-15-5-1)8-20-6-2-4-13(9-20)19-14-17-10-16-11-18-14/h1,3,5,7,10-11,13H,2,4,6,8-9H2,(H,16,17,18,19)/t13-/m1/s1. The van der Waals surface area contributed by atoms with Crippen LogP contribution in [0.5, 0.6) is 0 Å². The van der Waals surface area contributed by atoms with E-state index in [-0.39, 0.29) is 0 Å². The smallest absolute Gasteiger partial charge is 0.225 e. The molecule has 1 N–H and O–H groups in total. The van der Waals surface area contributed by atoms with Crippen LogP contribution in [-0.2, 0) is 6.54 Å². The highest BCUT2D eigenvalue weighted by molar-refractivity contribution is 5.23. The Morgan fingerprint density at radius 2 is 2.15 bits per heavy atom. The molecule has 1 aliphatic heterocycles. The Labute approximate surface area is 118 Å². The second-order valence-electron chi connectivity index (χ2n) is 5.04. The van der Waals surface area contributed by atoms with E-state index in [1.54, 1.807) is 0 Å². The van der Waals surface area contributed by atoms with Crippen LogP contribution in [0, 0.1) is 0 Å². The number of pyridine rings is 1. The maximum absolute atomic E-state index is 4.17. The molecule has 0 amide bonds. The highest BCUT2D eigenvalue weighted by Crippen LogP contribution is 2.15. The predicted octanol–water partition coefficient (Wildman–Crippen LogP) is 1.34. The Morgan fingerprint density at radius 3 is 2.95 bits per heavy atom. The van der Waals surface area contributed by atoms with Gasteiger partial charge < -0.3 is 5.32 Å². The van der Waals surface area contributed by atoms with E-state index >= 15 is 0 Å². The van der Waals surface area contributed by atoms with E-state index in [4.69, 9.17) is 0 Å². The number of hydrogen-bond donors (Lipinski definition) is 1. The molecule has 0 spiro atoms. The Kier molecular flexibility index (Phi) is 4.13. The summed E-state index contributed by atoms with van der Waals surface area (Å²) in [6, 6.07) is 4.50. The highest BCUT2D eigenvalue weighted by atomic mass is 15.2. The van der Waals surface area contributed by atoms with E-state index in [1.807, 2.05) is 18.5 Å². The van der Waals surface area contributed by atoms with Gasteiger partial charge in [0, 0.05) is 31.5 Å². The topological polar surface area (TPSA) is 66.8 Å². The molecule has 0 saturated carbocycles. The first-order valence-corrected chi connectivity index (χ1v) is 6.90. The molecule has 3 heterocycles. The van der Waals surface area contributed by atoms with Crippen LogP contribution in [0.3, 0.4) is 0 Å². The summed E-state index contributed by atoms with van der Waals surface area (Å²) >= 11 is 0. The van der Waals surface area contributed by atoms with Crippen molar-refractivity contribution in [3.8, 4) is 0 Å². The fraction of sp³-hybridized carbons (Fsp3) is 0.429. The Hall–Kier alpha value is -2.08. The zero-order valence-electron chi connectivity index (χ0n) is 11.3. The molecular weight excluding hydrogens is 252 g/mol. The minimum absolute atomic E-state index is 0.392. The van der Waals surface area contributed by atoms with Gasteiger partial charge in [-0.15, -0.1) is 0 Å². The summed E-state index contributed by atoms with van der Waals surface area (Å²) in [5.41, 5.74) is 1.26. The van der Waals surface area contributed by atoms with Gasteiger partial charge in [0.05, 0.1) is 0 Å². The first kappa shape index (κ1) is 12.9. The van der Waals surface area contributed by atoms with E-state index in [0.29, 0.717) is 12.0 Å². The number of anilines is 1. The van der Waals surface area contributed by atoms with Crippen molar-refractivity contribution in [2.45, 2.75) is 25.4 Å². The third-order valence-corrected chi connectivity index (χ3v) is 3.46. The van der Waals surface area contributed by atoms with Crippen molar-refractivity contribution in [1.82, 2.24) is 24.8 Å². The highest BCUT2D eigenvalue weighted by Gasteiger charge is 2.20. The van der Waals surface area contributed by atoms with E-state index < -0.39 is 0 Å². The average molecular weight is 270 g/mol. The van der Waals surface area contributed by atoms with E-state index in [1.165, 1.54) is 24.6 Å². The van der Waals surface area contributed by atoms with Crippen molar-refractivity contribution < 1.29 is 0 Å². The third kappa shape index (κ3) is 3.48. The van der Waals surface area contributed by atoms with Gasteiger partial charge in [-0.3, -0.25) is 9.88 Å². The van der Waals surface area contributed by atoms with E-state index in [2.05, 4.69) is 36.2 Å². The molecule has 20 heavy (non-hydrogen) atoms. The summed E-state index contributed by atoms with van der Waals surface area (Å²) in [5.74, 6) is 0.660. The lowest BCUT2D eigenvalue weighted by Gasteiger charge is -2.33. The van der Waals surface area contributed by atoms with Crippen molar-refractivity contribution in [3.05, 3.63) is 42.7 Å². The van der Waals surface area contributed by atoms with E-state index in [0.717, 1.165) is 26.1 Å². The number of rotatable bonds is 4. The lowest BCUT2D eigenvalue weighted by molar-refractivity contribution is 0.208. The quantitative estimate of drug-likeness (QED) is 0.904. The van der Waals surface area contributed by atoms with Crippen LogP contribution in [-0.4, -0.2) is 44.0 Å². The molecule has 3 rings (SSSR count). The largest absolute Gasteiger partial charge is 0.350 e. The molecule has 2 aromatic heterocycles. The van der Waals surface area contributed by atoms with Crippen LogP contribution in [0.1, 0.15) is 18.4 Å². The van der Waals surface area contributed by atoms with Gasteiger partial charge >= 0.3 is 0 Å². The van der Waals surface area contributed by atoms with Gasteiger partial charge in [-0.05, 0) is 31.0 Å². The fourth-order valence-corrected chi connectivity index (χ4v) is 2.56. The number of hydrogen-bond acceptors (Lipinski definition) is 6. The fourth-order valence-electron chi connectivity index (χ4n) is 2.56. The maximum Gasteiger partial charge on any atom is 0.225 e. The third-order valence-electron chi connectivity index (χ3n) is 3.46. The van der Waals surface area contributed by atoms with Gasteiger partial charge in [0.25, 0.3) is 0 Å². The summed E-state index contributed by atoms with van der Waals surface area (Å²) < 4.78 is 0. The van der Waals surface area contributed by atoms with Crippen LogP contribution < -0.4 is 5.32 Å². The maximum atomic E-state index is 4.17. The minimum Gasteiger partial charge on any atom is -0.350 e. The Morgan fingerprint density at radius 1 is 1.25 bits per heavy atom. The minimum atomic E-state index is 0.392. The van der Waals surface area contributed by atoms with Crippen molar-refractivity contribution in [2.75, 3.05) is 18.4 Å². The van der Waals surface area contributed by atoms with Crippen LogP contribution in [0.15, 0.2) is 37.2 Å². The normalized spacial score (nSPS) is 19.7. The second kappa shape index (κ2) is 6.38. The summed E-state index contributed by atoms with van der Waals surface area (Å²) in [4.78, 5) is 18.7. The molecular formula is C14H18N6. The molecule has 0 aliphatic carbocycles. The van der Waals surface area contributed by atoms with Crippen molar-refractivity contribution in [2.24, 2.45) is 0 Å². The first-order valence-electron chi connectivity index (χ1n) is 6.90. The molecule has 1 saturated heterocycles. The van der Waals surface area contributed by atoms with Crippen LogP contribution >= 0.6 is 0 Å². The van der Waals surface area contributed by atoms with Crippen LogP contribution in [0.4, 0.5) is 5.95 Å². The number of likely N-dealkylation sites (tertiary alicyclic amines) is 1. The van der Waals surface area contributed by atoms with E-state index in [9.17, 15) is 0 Å². The Balaban J connectivity index is 1.57. The zero-order valence-corrected chi connectivity index (χ0v) is 11.3. The van der Waals surface area contributed by atoms with Crippen molar-refractivity contribution >= 4 is 5.95 Å². The van der Waals surface area contributed by atoms with Gasteiger partial charge in [-0.25, -0.2) is 15.0 Å². The average Bonchev–Trinajstić information content (AvgIpc) is 2.50. The zero-order chi connectivity index (χ0) is 13.6. The molecule has 0 bridgehead atoms. The SMILES string of the molecule is c1cncc(CN2CCC[C@@H](Nc3ncncn3)C2)c1. The van der Waals surface area contributed by atoms with Gasteiger partial charge in [0.15, 0.2) is 0 Å². The molecule has 1 aliphatic rings. The van der Waals surface area contributed by atoms with Gasteiger partial charge in [0.2, 0.25) is 5.95 Å². The molecule has 104 valence electrons. The molecule has 0 radical (unpaired) electrons. The molecule has 1 fully saturated rings. The summed E-state index contributed by atoms with van der Waals surface area (Å²) in [7, 11) is 0. The first-order chi connectivity index (χ1) is 9.90. The van der Waals surface area contributed by atoms with Gasteiger partial charge in [-0.2, -0.15) is 0 Å². The number of piperidine rings is 1. The Bertz CT molecular complexity index is 470. The monoisotopic (exact) mass is 270 g/mol. The summed E-state index contributed by atoms with van der Waals surface area (Å²) in [6.45, 7) is 3.08. The molecule has 6 heteroatoms. The number of nitrogens with one attached hydrogen (secondary N) is 1. The molecule has 0 aromatic carbocycles. The molecule has 1 atom stereocenters. The molecule has 0 unspecified atom stereocenters. The molecule has 2 aromatic rings. The second-order valence-corrected chi connectivity index (χ2v) is 5.04. The number of nitrogens with zero attached hydrogens (tertiary/aromatic N) is 5. The van der Waals surface area contributed by atoms with Crippen LogP contribution in [0.25, 0.3) is 0 Å². The number of aromatic nitrogens is 4. The van der Waals surface area contributed by atoms with Gasteiger partial charge in [0.1, 0.15) is 12.7 Å². The lowest BCUT2D eigenvalue weighted by Crippen LogP contribution is -2.41. The molecule has 6 nitrogen and oxygen atoms in total. The summed E-state index contributed by atoms with van der Waals surface area (Å²) in [6.07, 6.45) is 9.11. The predicted molar refractivity (Wildman–Crippen MR) is 76.0 cm³/mol. The van der Waals surface area contributed by atoms with Crippen LogP contribution in [0.2, 0.25) is 0 Å².